The van der Waals surface area contributed by atoms with Gasteiger partial charge < -0.3 is 4.90 Å². The van der Waals surface area contributed by atoms with Crippen LogP contribution < -0.4 is 0 Å². The molecule has 3 aromatic rings. The van der Waals surface area contributed by atoms with Gasteiger partial charge in [0.15, 0.2) is 5.82 Å². The van der Waals surface area contributed by atoms with E-state index in [0.29, 0.717) is 6.54 Å². The van der Waals surface area contributed by atoms with Crippen molar-refractivity contribution in [3.05, 3.63) is 82.7 Å². The van der Waals surface area contributed by atoms with E-state index in [1.807, 2.05) is 35.4 Å². The number of hydrogen-bond acceptors (Lipinski definition) is 3. The van der Waals surface area contributed by atoms with Gasteiger partial charge in [-0.05, 0) is 62.9 Å². The van der Waals surface area contributed by atoms with E-state index in [4.69, 9.17) is 4.98 Å². The predicted octanol–water partition coefficient (Wildman–Crippen LogP) is 5.09. The third-order valence-electron chi connectivity index (χ3n) is 5.87. The van der Waals surface area contributed by atoms with E-state index >= 15 is 0 Å². The monoisotopic (exact) mass is 385 g/mol. The van der Waals surface area contributed by atoms with Crippen LogP contribution in [0.1, 0.15) is 51.5 Å². The van der Waals surface area contributed by atoms with Crippen LogP contribution in [-0.2, 0) is 0 Å². The van der Waals surface area contributed by atoms with Gasteiger partial charge in [-0.1, -0.05) is 35.9 Å². The topological polar surface area (TPSA) is 46.1 Å². The van der Waals surface area contributed by atoms with Crippen molar-refractivity contribution in [1.29, 1.82) is 0 Å². The first kappa shape index (κ1) is 19.3. The van der Waals surface area contributed by atoms with Crippen molar-refractivity contribution in [1.82, 2.24) is 14.9 Å². The van der Waals surface area contributed by atoms with E-state index < -0.39 is 0 Å². The summed E-state index contributed by atoms with van der Waals surface area (Å²) >= 11 is 0. The lowest BCUT2D eigenvalue weighted by atomic mass is 9.93. The van der Waals surface area contributed by atoms with Gasteiger partial charge in [-0.25, -0.2) is 9.97 Å². The van der Waals surface area contributed by atoms with E-state index in [2.05, 4.69) is 50.0 Å². The van der Waals surface area contributed by atoms with Gasteiger partial charge in [-0.15, -0.1) is 0 Å². The summed E-state index contributed by atoms with van der Waals surface area (Å²) < 4.78 is 0. The lowest BCUT2D eigenvalue weighted by Gasteiger charge is -2.32. The molecule has 4 nitrogen and oxygen atoms in total. The third kappa shape index (κ3) is 4.21. The number of aryl methyl sites for hydroxylation is 3. The van der Waals surface area contributed by atoms with Crippen molar-refractivity contribution >= 4 is 5.91 Å². The molecule has 1 amide bonds. The number of rotatable bonds is 3. The molecular weight excluding hydrogens is 358 g/mol. The van der Waals surface area contributed by atoms with Gasteiger partial charge in [0.25, 0.3) is 5.91 Å². The normalized spacial score (nSPS) is 16.7. The number of amides is 1. The Bertz CT molecular complexity index is 1030. The minimum atomic E-state index is 0.116. The first-order chi connectivity index (χ1) is 14.0. The zero-order chi connectivity index (χ0) is 20.4. The average molecular weight is 386 g/mol. The molecule has 4 heteroatoms. The maximum absolute atomic E-state index is 13.1. The van der Waals surface area contributed by atoms with Crippen molar-refractivity contribution in [2.45, 2.75) is 39.5 Å². The molecule has 4 rings (SSSR count). The summed E-state index contributed by atoms with van der Waals surface area (Å²) in [6, 6.07) is 16.2. The molecule has 1 saturated heterocycles. The number of benzene rings is 2. The first-order valence-electron chi connectivity index (χ1n) is 10.3. The van der Waals surface area contributed by atoms with Crippen molar-refractivity contribution in [2.75, 3.05) is 13.1 Å². The van der Waals surface area contributed by atoms with Crippen LogP contribution in [0.2, 0.25) is 0 Å². The van der Waals surface area contributed by atoms with Crippen LogP contribution >= 0.6 is 0 Å². The van der Waals surface area contributed by atoms with Gasteiger partial charge in [0.2, 0.25) is 0 Å². The van der Waals surface area contributed by atoms with Crippen molar-refractivity contribution in [3.63, 3.8) is 0 Å². The fraction of sp³-hybridized carbons (Fsp3) is 0.320. The Labute approximate surface area is 172 Å². The maximum Gasteiger partial charge on any atom is 0.253 e. The molecule has 1 fully saturated rings. The van der Waals surface area contributed by atoms with E-state index in [1.165, 1.54) is 11.1 Å². The molecule has 0 aliphatic carbocycles. The van der Waals surface area contributed by atoms with Crippen molar-refractivity contribution in [2.24, 2.45) is 0 Å². The second-order valence-corrected chi connectivity index (χ2v) is 8.06. The van der Waals surface area contributed by atoms with Gasteiger partial charge in [-0.3, -0.25) is 4.79 Å². The third-order valence-corrected chi connectivity index (χ3v) is 5.87. The molecule has 1 aliphatic heterocycles. The number of hydrogen-bond donors (Lipinski definition) is 0. The Morgan fingerprint density at radius 2 is 1.79 bits per heavy atom. The smallest absolute Gasteiger partial charge is 0.253 e. The van der Waals surface area contributed by atoms with Crippen LogP contribution in [0.25, 0.3) is 11.4 Å². The maximum atomic E-state index is 13.1. The summed E-state index contributed by atoms with van der Waals surface area (Å²) in [6.07, 6.45) is 3.87. The second kappa shape index (κ2) is 8.16. The molecule has 1 aliphatic rings. The molecule has 148 valence electrons. The fourth-order valence-electron chi connectivity index (χ4n) is 3.90. The number of likely N-dealkylation sites (tertiary alicyclic amines) is 1. The highest BCUT2D eigenvalue weighted by molar-refractivity contribution is 5.94. The highest BCUT2D eigenvalue weighted by Crippen LogP contribution is 2.28. The second-order valence-electron chi connectivity index (χ2n) is 8.06. The average Bonchev–Trinajstić information content (AvgIpc) is 2.76. The summed E-state index contributed by atoms with van der Waals surface area (Å²) in [5.74, 6) is 1.11. The fourth-order valence-corrected chi connectivity index (χ4v) is 3.90. The molecule has 0 bridgehead atoms. The van der Waals surface area contributed by atoms with Crippen molar-refractivity contribution in [3.8, 4) is 11.4 Å². The quantitative estimate of drug-likeness (QED) is 0.631. The number of nitrogens with zero attached hydrogens (tertiary/aromatic N) is 3. The summed E-state index contributed by atoms with van der Waals surface area (Å²) in [6.45, 7) is 7.71. The lowest BCUT2D eigenvalue weighted by molar-refractivity contribution is 0.0706. The van der Waals surface area contributed by atoms with E-state index in [1.54, 1.807) is 0 Å². The van der Waals surface area contributed by atoms with Crippen LogP contribution in [-0.4, -0.2) is 33.9 Å². The van der Waals surface area contributed by atoms with Crippen LogP contribution in [0.4, 0.5) is 0 Å². The zero-order valence-electron chi connectivity index (χ0n) is 17.4. The van der Waals surface area contributed by atoms with Crippen molar-refractivity contribution < 1.29 is 4.79 Å². The minimum Gasteiger partial charge on any atom is -0.338 e. The lowest BCUT2D eigenvalue weighted by Crippen LogP contribution is -2.39. The highest BCUT2D eigenvalue weighted by Gasteiger charge is 2.26. The Hall–Kier alpha value is -3.01. The summed E-state index contributed by atoms with van der Waals surface area (Å²) in [5.41, 5.74) is 6.41. The molecule has 1 unspecified atom stereocenters. The molecule has 0 N–H and O–H groups in total. The molecule has 0 spiro atoms. The summed E-state index contributed by atoms with van der Waals surface area (Å²) in [7, 11) is 0. The Kier molecular flexibility index (Phi) is 5.43. The number of piperidine rings is 1. The largest absolute Gasteiger partial charge is 0.338 e. The molecule has 2 aromatic carbocycles. The van der Waals surface area contributed by atoms with Gasteiger partial charge in [0.1, 0.15) is 0 Å². The Morgan fingerprint density at radius 1 is 1.00 bits per heavy atom. The molecule has 1 aromatic heterocycles. The standard InChI is InChI=1S/C25H27N3O/c1-17-6-9-20(10-7-17)24-26-13-12-23(27-24)22-5-4-14-28(16-22)25(29)21-11-8-18(2)19(3)15-21/h6-13,15,22H,4-5,14,16H2,1-3H3. The van der Waals surface area contributed by atoms with Gasteiger partial charge in [0.05, 0.1) is 0 Å². The first-order valence-corrected chi connectivity index (χ1v) is 10.3. The molecule has 0 saturated carbocycles. The molecular formula is C25H27N3O. The number of aromatic nitrogens is 2. The number of carbonyl (C=O) groups excluding carboxylic acids is 1. The molecule has 29 heavy (non-hydrogen) atoms. The van der Waals surface area contributed by atoms with Crippen LogP contribution in [0, 0.1) is 20.8 Å². The van der Waals surface area contributed by atoms with E-state index in [-0.39, 0.29) is 11.8 Å². The van der Waals surface area contributed by atoms with E-state index in [0.717, 1.165) is 47.6 Å². The van der Waals surface area contributed by atoms with E-state index in [9.17, 15) is 4.79 Å². The van der Waals surface area contributed by atoms with Crippen LogP contribution in [0.15, 0.2) is 54.7 Å². The van der Waals surface area contributed by atoms with Gasteiger partial charge in [0, 0.05) is 42.0 Å². The molecule has 2 heterocycles. The SMILES string of the molecule is Cc1ccc(-c2nccc(C3CCCN(C(=O)c4ccc(C)c(C)c4)C3)n2)cc1. The minimum absolute atomic E-state index is 0.116. The highest BCUT2D eigenvalue weighted by atomic mass is 16.2. The summed E-state index contributed by atoms with van der Waals surface area (Å²) in [4.78, 5) is 24.3. The van der Waals surface area contributed by atoms with Gasteiger partial charge in [-0.2, -0.15) is 0 Å². The Balaban J connectivity index is 1.54. The summed E-state index contributed by atoms with van der Waals surface area (Å²) in [5, 5.41) is 0. The zero-order valence-corrected chi connectivity index (χ0v) is 17.4. The van der Waals surface area contributed by atoms with Gasteiger partial charge >= 0.3 is 0 Å². The molecule has 1 atom stereocenters. The van der Waals surface area contributed by atoms with Crippen LogP contribution in [0.5, 0.6) is 0 Å². The van der Waals surface area contributed by atoms with Crippen LogP contribution in [0.3, 0.4) is 0 Å². The molecule has 0 radical (unpaired) electrons. The predicted molar refractivity (Wildman–Crippen MR) is 116 cm³/mol. The number of carbonyl (C=O) groups is 1. The Morgan fingerprint density at radius 3 is 2.55 bits per heavy atom.